The molecule has 0 aromatic heterocycles. The van der Waals surface area contributed by atoms with Crippen LogP contribution in [0.1, 0.15) is 31.7 Å². The minimum atomic E-state index is -3.08. The van der Waals surface area contributed by atoms with E-state index in [2.05, 4.69) is 0 Å². The van der Waals surface area contributed by atoms with Crippen molar-refractivity contribution in [3.05, 3.63) is 35.9 Å². The van der Waals surface area contributed by atoms with Gasteiger partial charge in [-0.3, -0.25) is 4.79 Å². The van der Waals surface area contributed by atoms with Gasteiger partial charge in [-0.05, 0) is 6.42 Å². The molecule has 1 aromatic carbocycles. The summed E-state index contributed by atoms with van der Waals surface area (Å²) in [7, 11) is 0. The number of aliphatic carboxylic acids is 1. The highest BCUT2D eigenvalue weighted by molar-refractivity contribution is 5.70. The lowest BCUT2D eigenvalue weighted by atomic mass is 9.92. The van der Waals surface area contributed by atoms with Gasteiger partial charge in [0.1, 0.15) is 0 Å². The van der Waals surface area contributed by atoms with Gasteiger partial charge in [0, 0.05) is 12.0 Å². The molecule has 1 aromatic rings. The maximum atomic E-state index is 13.8. The predicted octanol–water partition coefficient (Wildman–Crippen LogP) is 3.67. The lowest BCUT2D eigenvalue weighted by Gasteiger charge is -2.20. The summed E-state index contributed by atoms with van der Waals surface area (Å²) in [6, 6.07) is 7.35. The Labute approximate surface area is 99.3 Å². The molecule has 0 fully saturated rings. The number of carboxylic acid groups (broad SMARTS) is 1. The largest absolute Gasteiger partial charge is 0.481 e. The van der Waals surface area contributed by atoms with Crippen molar-refractivity contribution in [3.63, 3.8) is 0 Å². The van der Waals surface area contributed by atoms with E-state index >= 15 is 0 Å². The van der Waals surface area contributed by atoms with Crippen LogP contribution < -0.4 is 0 Å². The molecule has 0 aliphatic carbocycles. The van der Waals surface area contributed by atoms with Crippen LogP contribution in [0.2, 0.25) is 0 Å². The Morgan fingerprint density at radius 2 is 1.94 bits per heavy atom. The monoisotopic (exact) mass is 242 g/mol. The van der Waals surface area contributed by atoms with E-state index in [9.17, 15) is 13.6 Å². The van der Waals surface area contributed by atoms with E-state index in [-0.39, 0.29) is 12.0 Å². The van der Waals surface area contributed by atoms with Gasteiger partial charge in [0.05, 0.1) is 5.92 Å². The zero-order chi connectivity index (χ0) is 12.9. The van der Waals surface area contributed by atoms with Crippen molar-refractivity contribution in [1.82, 2.24) is 0 Å². The second kappa shape index (κ2) is 5.75. The molecule has 0 bridgehead atoms. The quantitative estimate of drug-likeness (QED) is 0.826. The van der Waals surface area contributed by atoms with E-state index < -0.39 is 24.2 Å². The second-order valence-electron chi connectivity index (χ2n) is 4.10. The number of benzene rings is 1. The maximum absolute atomic E-state index is 13.8. The molecule has 0 amide bonds. The van der Waals surface area contributed by atoms with Gasteiger partial charge in [0.2, 0.25) is 0 Å². The fraction of sp³-hybridized carbons (Fsp3) is 0.462. The van der Waals surface area contributed by atoms with E-state index in [4.69, 9.17) is 5.11 Å². The van der Waals surface area contributed by atoms with Gasteiger partial charge in [-0.2, -0.15) is 0 Å². The van der Waals surface area contributed by atoms with Gasteiger partial charge in [-0.1, -0.05) is 43.7 Å². The molecule has 4 heteroatoms. The van der Waals surface area contributed by atoms with Gasteiger partial charge in [-0.25, -0.2) is 8.78 Å². The molecule has 94 valence electrons. The number of rotatable bonds is 6. The average Bonchev–Trinajstić information content (AvgIpc) is 2.29. The summed E-state index contributed by atoms with van der Waals surface area (Å²) >= 11 is 0. The van der Waals surface area contributed by atoms with Crippen LogP contribution >= 0.6 is 0 Å². The summed E-state index contributed by atoms with van der Waals surface area (Å²) in [5.41, 5.74) is -0.123. The molecule has 0 heterocycles. The number of alkyl halides is 2. The van der Waals surface area contributed by atoms with Crippen LogP contribution in [0.4, 0.5) is 8.78 Å². The van der Waals surface area contributed by atoms with Crippen LogP contribution in [0.5, 0.6) is 0 Å². The lowest BCUT2D eigenvalue weighted by Crippen LogP contribution is -2.24. The zero-order valence-electron chi connectivity index (χ0n) is 9.70. The fourth-order valence-corrected chi connectivity index (χ4v) is 1.77. The van der Waals surface area contributed by atoms with Gasteiger partial charge < -0.3 is 5.11 Å². The molecule has 0 radical (unpaired) electrons. The third kappa shape index (κ3) is 3.80. The lowest BCUT2D eigenvalue weighted by molar-refractivity contribution is -0.146. The predicted molar refractivity (Wildman–Crippen MR) is 61.0 cm³/mol. The first kappa shape index (κ1) is 13.6. The Bertz CT molecular complexity index is 363. The van der Waals surface area contributed by atoms with Crippen molar-refractivity contribution in [3.8, 4) is 0 Å². The number of hydrogen-bond acceptors (Lipinski definition) is 1. The molecule has 1 unspecified atom stereocenters. The molecule has 0 aliphatic heterocycles. The Morgan fingerprint density at radius 3 is 2.41 bits per heavy atom. The summed E-state index contributed by atoms with van der Waals surface area (Å²) in [6.45, 7) is 1.79. The van der Waals surface area contributed by atoms with E-state index in [0.29, 0.717) is 6.42 Å². The highest BCUT2D eigenvalue weighted by atomic mass is 19.3. The van der Waals surface area contributed by atoms with Crippen molar-refractivity contribution in [2.45, 2.75) is 32.1 Å². The smallest absolute Gasteiger partial charge is 0.306 e. The van der Waals surface area contributed by atoms with Crippen LogP contribution in [0.25, 0.3) is 0 Å². The number of carbonyl (C=O) groups is 1. The molecular formula is C13H16F2O2. The van der Waals surface area contributed by atoms with Crippen molar-refractivity contribution >= 4 is 5.97 Å². The molecule has 0 saturated carbocycles. The summed E-state index contributed by atoms with van der Waals surface area (Å²) < 4.78 is 27.7. The Balaban J connectivity index is 2.80. The molecule has 1 atom stereocenters. The van der Waals surface area contributed by atoms with E-state index in [0.717, 1.165) is 0 Å². The first-order valence-corrected chi connectivity index (χ1v) is 5.63. The van der Waals surface area contributed by atoms with Crippen molar-refractivity contribution < 1.29 is 18.7 Å². The highest BCUT2D eigenvalue weighted by Gasteiger charge is 2.36. The number of hydrogen-bond donors (Lipinski definition) is 1. The Morgan fingerprint density at radius 1 is 1.35 bits per heavy atom. The molecule has 0 aliphatic rings. The topological polar surface area (TPSA) is 37.3 Å². The van der Waals surface area contributed by atoms with Gasteiger partial charge in [0.15, 0.2) is 0 Å². The Hall–Kier alpha value is -1.45. The fourth-order valence-electron chi connectivity index (χ4n) is 1.77. The first-order valence-electron chi connectivity index (χ1n) is 5.63. The van der Waals surface area contributed by atoms with Crippen LogP contribution in [-0.4, -0.2) is 11.1 Å². The number of halogens is 2. The second-order valence-corrected chi connectivity index (χ2v) is 4.10. The minimum Gasteiger partial charge on any atom is -0.481 e. The summed E-state index contributed by atoms with van der Waals surface area (Å²) in [5.74, 6) is -5.22. The Kier molecular flexibility index (Phi) is 4.61. The highest BCUT2D eigenvalue weighted by Crippen LogP contribution is 2.35. The zero-order valence-corrected chi connectivity index (χ0v) is 9.70. The van der Waals surface area contributed by atoms with Gasteiger partial charge in [0.25, 0.3) is 5.92 Å². The van der Waals surface area contributed by atoms with Crippen LogP contribution in [-0.2, 0) is 10.7 Å². The molecule has 2 nitrogen and oxygen atoms in total. The van der Waals surface area contributed by atoms with E-state index in [1.807, 2.05) is 0 Å². The van der Waals surface area contributed by atoms with Crippen molar-refractivity contribution in [1.29, 1.82) is 0 Å². The van der Waals surface area contributed by atoms with E-state index in [1.54, 1.807) is 13.0 Å². The van der Waals surface area contributed by atoms with E-state index in [1.165, 1.54) is 24.3 Å². The standard InChI is InChI=1S/C13H16F2O2/c1-2-6-10(12(16)17)9-13(14,15)11-7-4-3-5-8-11/h3-5,7-8,10H,2,6,9H2,1H3,(H,16,17). The normalized spacial score (nSPS) is 13.4. The third-order valence-corrected chi connectivity index (χ3v) is 2.69. The summed E-state index contributed by atoms with van der Waals surface area (Å²) in [6.07, 6.45) is 0.222. The number of carboxylic acids is 1. The molecule has 0 spiro atoms. The van der Waals surface area contributed by atoms with Crippen LogP contribution in [0.15, 0.2) is 30.3 Å². The first-order chi connectivity index (χ1) is 7.97. The molecule has 1 N–H and O–H groups in total. The summed E-state index contributed by atoms with van der Waals surface area (Å²) in [5, 5.41) is 8.88. The maximum Gasteiger partial charge on any atom is 0.306 e. The van der Waals surface area contributed by atoms with Gasteiger partial charge in [-0.15, -0.1) is 0 Å². The molecule has 1 rings (SSSR count). The van der Waals surface area contributed by atoms with Crippen LogP contribution in [0, 0.1) is 5.92 Å². The SMILES string of the molecule is CCCC(CC(F)(F)c1ccccc1)C(=O)O. The average molecular weight is 242 g/mol. The molecular weight excluding hydrogens is 226 g/mol. The van der Waals surface area contributed by atoms with Crippen molar-refractivity contribution in [2.24, 2.45) is 5.92 Å². The molecule has 17 heavy (non-hydrogen) atoms. The molecule has 0 saturated heterocycles. The summed E-state index contributed by atoms with van der Waals surface area (Å²) in [4.78, 5) is 10.9. The van der Waals surface area contributed by atoms with Crippen molar-refractivity contribution in [2.75, 3.05) is 0 Å². The third-order valence-electron chi connectivity index (χ3n) is 2.69. The van der Waals surface area contributed by atoms with Gasteiger partial charge >= 0.3 is 5.97 Å². The van der Waals surface area contributed by atoms with Crippen LogP contribution in [0.3, 0.4) is 0 Å². The minimum absolute atomic E-state index is 0.123.